The van der Waals surface area contributed by atoms with Gasteiger partial charge in [0.25, 0.3) is 0 Å². The normalized spacial score (nSPS) is 28.3. The second-order valence-corrected chi connectivity index (χ2v) is 6.63. The molecule has 0 aliphatic heterocycles. The van der Waals surface area contributed by atoms with E-state index in [9.17, 15) is 4.39 Å². The summed E-state index contributed by atoms with van der Waals surface area (Å²) in [6.07, 6.45) is 5.62. The zero-order valence-corrected chi connectivity index (χ0v) is 13.0. The predicted molar refractivity (Wildman–Crippen MR) is 78.6 cm³/mol. The van der Waals surface area contributed by atoms with Crippen LogP contribution in [0.5, 0.6) is 0 Å². The van der Waals surface area contributed by atoms with Crippen LogP contribution in [0.25, 0.3) is 0 Å². The Hall–Kier alpha value is -0.0800. The van der Waals surface area contributed by atoms with Crippen molar-refractivity contribution in [2.75, 3.05) is 0 Å². The lowest BCUT2D eigenvalue weighted by atomic mass is 9.77. The average Bonchev–Trinajstić information content (AvgIpc) is 2.37. The van der Waals surface area contributed by atoms with Crippen molar-refractivity contribution in [3.8, 4) is 0 Å². The van der Waals surface area contributed by atoms with Crippen LogP contribution in [0.2, 0.25) is 0 Å². The van der Waals surface area contributed by atoms with Crippen molar-refractivity contribution in [1.82, 2.24) is 0 Å². The molecule has 0 saturated heterocycles. The maximum Gasteiger partial charge on any atom is 0.137 e. The zero-order chi connectivity index (χ0) is 13.1. The lowest BCUT2D eigenvalue weighted by molar-refractivity contribution is 0.264. The molecular formula is C15H19BrClF. The van der Waals surface area contributed by atoms with Gasteiger partial charge in [0.15, 0.2) is 0 Å². The SMILES string of the molecule is CCC1CCC(Cl)C(Cc2cccc(F)c2Br)C1. The molecule has 1 aliphatic carbocycles. The van der Waals surface area contributed by atoms with Gasteiger partial charge in [0, 0.05) is 5.38 Å². The van der Waals surface area contributed by atoms with Gasteiger partial charge in [-0.25, -0.2) is 4.39 Å². The van der Waals surface area contributed by atoms with E-state index in [1.165, 1.54) is 25.3 Å². The third kappa shape index (κ3) is 3.27. The molecule has 0 spiro atoms. The van der Waals surface area contributed by atoms with E-state index < -0.39 is 0 Å². The molecular weight excluding hydrogens is 315 g/mol. The van der Waals surface area contributed by atoms with Crippen molar-refractivity contribution >= 4 is 27.5 Å². The summed E-state index contributed by atoms with van der Waals surface area (Å²) >= 11 is 9.78. The third-order valence-electron chi connectivity index (χ3n) is 4.09. The van der Waals surface area contributed by atoms with Crippen LogP contribution in [-0.4, -0.2) is 5.38 Å². The lowest BCUT2D eigenvalue weighted by Gasteiger charge is -2.32. The van der Waals surface area contributed by atoms with Crippen LogP contribution in [0.15, 0.2) is 22.7 Å². The number of halogens is 3. The Morgan fingerprint density at radius 2 is 2.17 bits per heavy atom. The monoisotopic (exact) mass is 332 g/mol. The van der Waals surface area contributed by atoms with E-state index in [0.29, 0.717) is 10.4 Å². The first kappa shape index (κ1) is 14.3. The van der Waals surface area contributed by atoms with Gasteiger partial charge >= 0.3 is 0 Å². The first-order valence-corrected chi connectivity index (χ1v) is 7.91. The van der Waals surface area contributed by atoms with Gasteiger partial charge in [-0.1, -0.05) is 25.5 Å². The largest absolute Gasteiger partial charge is 0.206 e. The summed E-state index contributed by atoms with van der Waals surface area (Å²) in [4.78, 5) is 0. The third-order valence-corrected chi connectivity index (χ3v) is 5.55. The number of rotatable bonds is 3. The molecule has 3 atom stereocenters. The molecule has 0 bridgehead atoms. The first-order valence-electron chi connectivity index (χ1n) is 6.68. The van der Waals surface area contributed by atoms with Crippen molar-refractivity contribution < 1.29 is 4.39 Å². The minimum absolute atomic E-state index is 0.179. The van der Waals surface area contributed by atoms with E-state index in [2.05, 4.69) is 22.9 Å². The maximum absolute atomic E-state index is 13.5. The van der Waals surface area contributed by atoms with E-state index in [4.69, 9.17) is 11.6 Å². The van der Waals surface area contributed by atoms with Crippen LogP contribution in [0.3, 0.4) is 0 Å². The lowest BCUT2D eigenvalue weighted by Crippen LogP contribution is -2.27. The summed E-state index contributed by atoms with van der Waals surface area (Å²) in [5, 5.41) is 0.239. The maximum atomic E-state index is 13.5. The van der Waals surface area contributed by atoms with Crippen LogP contribution in [-0.2, 0) is 6.42 Å². The van der Waals surface area contributed by atoms with Gasteiger partial charge in [-0.3, -0.25) is 0 Å². The fourth-order valence-corrected chi connectivity index (χ4v) is 3.64. The second kappa shape index (κ2) is 6.38. The van der Waals surface area contributed by atoms with Crippen LogP contribution in [0.1, 0.15) is 38.2 Å². The number of benzene rings is 1. The van der Waals surface area contributed by atoms with Crippen molar-refractivity contribution in [1.29, 1.82) is 0 Å². The Labute approximate surface area is 122 Å². The Balaban J connectivity index is 2.09. The smallest absolute Gasteiger partial charge is 0.137 e. The summed E-state index contributed by atoms with van der Waals surface area (Å²) in [5.74, 6) is 1.09. The van der Waals surface area contributed by atoms with Gasteiger partial charge in [-0.15, -0.1) is 11.6 Å². The van der Waals surface area contributed by atoms with Gasteiger partial charge < -0.3 is 0 Å². The molecule has 1 aromatic carbocycles. The summed E-state index contributed by atoms with van der Waals surface area (Å²) < 4.78 is 14.1. The standard InChI is InChI=1S/C15H19BrClF/c1-2-10-6-7-13(17)12(8-10)9-11-4-3-5-14(18)15(11)16/h3-5,10,12-13H,2,6-9H2,1H3. The van der Waals surface area contributed by atoms with Crippen LogP contribution in [0.4, 0.5) is 4.39 Å². The summed E-state index contributed by atoms with van der Waals surface area (Å²) in [7, 11) is 0. The van der Waals surface area contributed by atoms with E-state index in [0.717, 1.165) is 24.3 Å². The zero-order valence-electron chi connectivity index (χ0n) is 10.6. The van der Waals surface area contributed by atoms with E-state index in [-0.39, 0.29) is 11.2 Å². The molecule has 0 N–H and O–H groups in total. The average molecular weight is 334 g/mol. The molecule has 1 aromatic rings. The summed E-state index contributed by atoms with van der Waals surface area (Å²) in [5.41, 5.74) is 1.04. The molecule has 1 fully saturated rings. The van der Waals surface area contributed by atoms with Crippen LogP contribution < -0.4 is 0 Å². The summed E-state index contributed by atoms with van der Waals surface area (Å²) in [6, 6.07) is 5.26. The molecule has 0 heterocycles. The highest BCUT2D eigenvalue weighted by atomic mass is 79.9. The molecule has 0 nitrogen and oxygen atoms in total. The molecule has 100 valence electrons. The molecule has 1 aliphatic rings. The van der Waals surface area contributed by atoms with E-state index in [1.54, 1.807) is 6.07 Å². The van der Waals surface area contributed by atoms with Gasteiger partial charge in [0.05, 0.1) is 4.47 Å². The van der Waals surface area contributed by atoms with E-state index in [1.807, 2.05) is 6.07 Å². The molecule has 0 aromatic heterocycles. The second-order valence-electron chi connectivity index (χ2n) is 5.28. The molecule has 1 saturated carbocycles. The van der Waals surface area contributed by atoms with Gasteiger partial charge in [-0.05, 0) is 65.1 Å². The van der Waals surface area contributed by atoms with Gasteiger partial charge in [0.1, 0.15) is 5.82 Å². The van der Waals surface area contributed by atoms with Crippen molar-refractivity contribution in [3.63, 3.8) is 0 Å². The minimum Gasteiger partial charge on any atom is -0.206 e. The fourth-order valence-electron chi connectivity index (χ4n) is 2.89. The highest BCUT2D eigenvalue weighted by Crippen LogP contribution is 2.37. The molecule has 3 heteroatoms. The highest BCUT2D eigenvalue weighted by Gasteiger charge is 2.29. The van der Waals surface area contributed by atoms with Crippen molar-refractivity contribution in [2.45, 2.75) is 44.4 Å². The van der Waals surface area contributed by atoms with Crippen molar-refractivity contribution in [3.05, 3.63) is 34.1 Å². The molecule has 18 heavy (non-hydrogen) atoms. The number of alkyl halides is 1. The molecule has 2 rings (SSSR count). The van der Waals surface area contributed by atoms with E-state index >= 15 is 0 Å². The highest BCUT2D eigenvalue weighted by molar-refractivity contribution is 9.10. The van der Waals surface area contributed by atoms with Crippen LogP contribution >= 0.6 is 27.5 Å². The molecule has 0 amide bonds. The number of hydrogen-bond donors (Lipinski definition) is 0. The predicted octanol–water partition coefficient (Wildman–Crippen LogP) is 5.56. The van der Waals surface area contributed by atoms with Gasteiger partial charge in [-0.2, -0.15) is 0 Å². The first-order chi connectivity index (χ1) is 8.61. The number of hydrogen-bond acceptors (Lipinski definition) is 0. The Morgan fingerprint density at radius 1 is 1.39 bits per heavy atom. The quantitative estimate of drug-likeness (QED) is 0.635. The van der Waals surface area contributed by atoms with Crippen LogP contribution in [0, 0.1) is 17.7 Å². The topological polar surface area (TPSA) is 0 Å². The van der Waals surface area contributed by atoms with Crippen molar-refractivity contribution in [2.24, 2.45) is 11.8 Å². The summed E-state index contributed by atoms with van der Waals surface area (Å²) in [6.45, 7) is 2.24. The minimum atomic E-state index is -0.179. The fraction of sp³-hybridized carbons (Fsp3) is 0.600. The van der Waals surface area contributed by atoms with Gasteiger partial charge in [0.2, 0.25) is 0 Å². The Bertz CT molecular complexity index is 407. The Morgan fingerprint density at radius 3 is 2.89 bits per heavy atom. The molecule has 0 radical (unpaired) electrons. The Kier molecular flexibility index (Phi) is 5.08. The molecule has 3 unspecified atom stereocenters.